The number of carbonyl (C=O) groups is 1. The average Bonchev–Trinajstić information content (AvgIpc) is 3.12. The maximum Gasteiger partial charge on any atom is 0.431 e. The molecule has 2 aromatic heterocycles. The van der Waals surface area contributed by atoms with Crippen LogP contribution in [-0.2, 0) is 15.7 Å². The average molecular weight is 349 g/mol. The van der Waals surface area contributed by atoms with E-state index in [9.17, 15) is 18.0 Å². The van der Waals surface area contributed by atoms with Crippen LogP contribution in [0.1, 0.15) is 16.1 Å². The number of fused-ring (bicyclic) bond motifs is 1. The van der Waals surface area contributed by atoms with E-state index in [1.807, 2.05) is 0 Å². The van der Waals surface area contributed by atoms with E-state index in [2.05, 4.69) is 10.2 Å². The molecule has 2 aromatic rings. The predicted octanol–water partition coefficient (Wildman–Crippen LogP) is 1.91. The molecule has 0 amide bonds. The fourth-order valence-electron chi connectivity index (χ4n) is 2.10. The Labute approximate surface area is 131 Å². The first-order valence-corrected chi connectivity index (χ1v) is 7.41. The second-order valence-electron chi connectivity index (χ2n) is 4.56. The van der Waals surface area contributed by atoms with Crippen LogP contribution in [0.3, 0.4) is 0 Å². The molecule has 0 aromatic carbocycles. The third kappa shape index (κ3) is 3.12. The summed E-state index contributed by atoms with van der Waals surface area (Å²) in [5.74, 6) is -1.16. The van der Waals surface area contributed by atoms with Gasteiger partial charge in [0.2, 0.25) is 0 Å². The van der Waals surface area contributed by atoms with Gasteiger partial charge < -0.3 is 14.6 Å². The molecule has 3 heterocycles. The Balaban J connectivity index is 2.03. The number of halogens is 3. The van der Waals surface area contributed by atoms with E-state index in [0.717, 1.165) is 17.8 Å². The molecule has 1 aliphatic rings. The van der Waals surface area contributed by atoms with Gasteiger partial charge in [0.15, 0.2) is 17.1 Å². The summed E-state index contributed by atoms with van der Waals surface area (Å²) in [6.45, 7) is 0.839. The minimum Gasteiger partial charge on any atom is -0.478 e. The Bertz CT molecular complexity index is 743. The number of carboxylic acids is 1. The molecule has 3 rings (SSSR count). The maximum absolute atomic E-state index is 13.2. The molecule has 0 aliphatic carbocycles. The number of rotatable bonds is 4. The third-order valence-corrected chi connectivity index (χ3v) is 4.04. The zero-order chi connectivity index (χ0) is 16.6. The van der Waals surface area contributed by atoms with Gasteiger partial charge >= 0.3 is 12.1 Å². The van der Waals surface area contributed by atoms with Crippen LogP contribution in [0.4, 0.5) is 13.2 Å². The normalized spacial score (nSPS) is 16.3. The van der Waals surface area contributed by atoms with Crippen molar-refractivity contribution in [2.45, 2.75) is 17.6 Å². The van der Waals surface area contributed by atoms with Gasteiger partial charge in [-0.05, 0) is 12.1 Å². The molecule has 23 heavy (non-hydrogen) atoms. The molecule has 11 heteroatoms. The van der Waals surface area contributed by atoms with Crippen LogP contribution in [0.5, 0.6) is 0 Å². The second-order valence-corrected chi connectivity index (χ2v) is 5.55. The van der Waals surface area contributed by atoms with Crippen molar-refractivity contribution in [1.29, 1.82) is 0 Å². The van der Waals surface area contributed by atoms with E-state index in [1.54, 1.807) is 0 Å². The van der Waals surface area contributed by atoms with Crippen molar-refractivity contribution < 1.29 is 32.5 Å². The van der Waals surface area contributed by atoms with Crippen molar-refractivity contribution in [2.24, 2.45) is 0 Å². The van der Waals surface area contributed by atoms with Gasteiger partial charge in [-0.1, -0.05) is 11.8 Å². The van der Waals surface area contributed by atoms with Crippen molar-refractivity contribution in [3.8, 4) is 0 Å². The molecule has 7 nitrogen and oxygen atoms in total. The largest absolute Gasteiger partial charge is 0.478 e. The van der Waals surface area contributed by atoms with Crippen LogP contribution in [0.15, 0.2) is 17.3 Å². The Morgan fingerprint density at radius 2 is 2.04 bits per heavy atom. The number of thioether (sulfide) groups is 1. The van der Waals surface area contributed by atoms with Gasteiger partial charge in [0.05, 0.1) is 19.0 Å². The molecule has 1 N–H and O–H groups in total. The monoisotopic (exact) mass is 349 g/mol. The molecule has 1 saturated heterocycles. The van der Waals surface area contributed by atoms with Gasteiger partial charge in [0.25, 0.3) is 0 Å². The van der Waals surface area contributed by atoms with Crippen molar-refractivity contribution >= 4 is 23.4 Å². The topological polar surface area (TPSA) is 86.0 Å². The first kappa shape index (κ1) is 16.0. The van der Waals surface area contributed by atoms with E-state index < -0.39 is 24.1 Å². The number of aromatic nitrogens is 3. The smallest absolute Gasteiger partial charge is 0.431 e. The number of ether oxygens (including phenoxy) is 2. The summed E-state index contributed by atoms with van der Waals surface area (Å²) < 4.78 is 50.6. The summed E-state index contributed by atoms with van der Waals surface area (Å²) in [7, 11) is 0. The summed E-state index contributed by atoms with van der Waals surface area (Å²) in [5.41, 5.74) is -1.76. The molecule has 1 fully saturated rings. The van der Waals surface area contributed by atoms with Gasteiger partial charge in [0, 0.05) is 0 Å². The lowest BCUT2D eigenvalue weighted by Gasteiger charge is -2.12. The predicted molar refractivity (Wildman–Crippen MR) is 71.4 cm³/mol. The second kappa shape index (κ2) is 5.98. The van der Waals surface area contributed by atoms with Crippen LogP contribution in [0, 0.1) is 0 Å². The van der Waals surface area contributed by atoms with Gasteiger partial charge in [-0.25, -0.2) is 4.79 Å². The summed E-state index contributed by atoms with van der Waals surface area (Å²) >= 11 is 0.951. The highest BCUT2D eigenvalue weighted by molar-refractivity contribution is 7.99. The van der Waals surface area contributed by atoms with Gasteiger partial charge in [-0.2, -0.15) is 13.2 Å². The highest BCUT2D eigenvalue weighted by Gasteiger charge is 2.36. The van der Waals surface area contributed by atoms with Crippen LogP contribution < -0.4 is 0 Å². The number of carboxylic acid groups (broad SMARTS) is 1. The summed E-state index contributed by atoms with van der Waals surface area (Å²) in [5, 5.41) is 16.3. The summed E-state index contributed by atoms with van der Waals surface area (Å²) in [4.78, 5) is 11.1. The van der Waals surface area contributed by atoms with Crippen molar-refractivity contribution in [1.82, 2.24) is 14.6 Å². The van der Waals surface area contributed by atoms with E-state index in [0.29, 0.717) is 23.7 Å². The maximum atomic E-state index is 13.2. The van der Waals surface area contributed by atoms with Crippen LogP contribution in [0.25, 0.3) is 5.65 Å². The fourth-order valence-corrected chi connectivity index (χ4v) is 2.99. The number of alkyl halides is 3. The molecule has 0 saturated carbocycles. The lowest BCUT2D eigenvalue weighted by Crippen LogP contribution is -2.15. The molecular weight excluding hydrogens is 339 g/mol. The SMILES string of the molecule is O=C(O)c1ccc(C(F)(F)F)n2c(SCC3OCCO3)nnc12. The van der Waals surface area contributed by atoms with Crippen LogP contribution in [0.2, 0.25) is 0 Å². The number of aromatic carboxylic acids is 1. The van der Waals surface area contributed by atoms with Gasteiger partial charge in [-0.3, -0.25) is 4.40 Å². The molecule has 1 aliphatic heterocycles. The third-order valence-electron chi connectivity index (χ3n) is 3.08. The zero-order valence-electron chi connectivity index (χ0n) is 11.4. The van der Waals surface area contributed by atoms with Gasteiger partial charge in [-0.15, -0.1) is 10.2 Å². The van der Waals surface area contributed by atoms with E-state index in [4.69, 9.17) is 14.6 Å². The van der Waals surface area contributed by atoms with Gasteiger partial charge in [0.1, 0.15) is 11.3 Å². The lowest BCUT2D eigenvalue weighted by atomic mass is 10.2. The van der Waals surface area contributed by atoms with Crippen LogP contribution in [-0.4, -0.2) is 50.9 Å². The lowest BCUT2D eigenvalue weighted by molar-refractivity contribution is -0.142. The zero-order valence-corrected chi connectivity index (χ0v) is 12.2. The summed E-state index contributed by atoms with van der Waals surface area (Å²) in [6, 6.07) is 1.57. The van der Waals surface area contributed by atoms with Crippen molar-refractivity contribution in [2.75, 3.05) is 19.0 Å². The quantitative estimate of drug-likeness (QED) is 0.844. The first-order chi connectivity index (χ1) is 10.9. The minimum absolute atomic E-state index is 0.0745. The molecule has 0 atom stereocenters. The standard InChI is InChI=1S/C12H10F3N3O4S/c13-12(14,15)7-2-1-6(10(19)20)9-16-17-11(18(7)9)23-5-8-21-3-4-22-8/h1-2,8H,3-5H2,(H,19,20). The Morgan fingerprint density at radius 3 is 2.65 bits per heavy atom. The first-order valence-electron chi connectivity index (χ1n) is 6.42. The van der Waals surface area contributed by atoms with E-state index in [1.165, 1.54) is 0 Å². The Kier molecular flexibility index (Phi) is 4.17. The molecule has 0 radical (unpaired) electrons. The Hall–Kier alpha value is -1.85. The molecular formula is C12H10F3N3O4S. The number of nitrogens with zero attached hydrogens (tertiary/aromatic N) is 3. The summed E-state index contributed by atoms with van der Waals surface area (Å²) in [6.07, 6.45) is -5.21. The highest BCUT2D eigenvalue weighted by atomic mass is 32.2. The number of pyridine rings is 1. The van der Waals surface area contributed by atoms with Crippen molar-refractivity contribution in [3.63, 3.8) is 0 Å². The van der Waals surface area contributed by atoms with E-state index in [-0.39, 0.29) is 22.1 Å². The van der Waals surface area contributed by atoms with Crippen molar-refractivity contribution in [3.05, 3.63) is 23.4 Å². The molecule has 0 spiro atoms. The highest BCUT2D eigenvalue weighted by Crippen LogP contribution is 2.33. The number of hydrogen-bond donors (Lipinski definition) is 1. The molecule has 0 bridgehead atoms. The molecule has 0 unspecified atom stereocenters. The minimum atomic E-state index is -4.67. The Morgan fingerprint density at radius 1 is 1.35 bits per heavy atom. The molecule has 124 valence electrons. The number of hydrogen-bond acceptors (Lipinski definition) is 6. The van der Waals surface area contributed by atoms with Crippen LogP contribution >= 0.6 is 11.8 Å². The van der Waals surface area contributed by atoms with E-state index >= 15 is 0 Å². The fraction of sp³-hybridized carbons (Fsp3) is 0.417.